The van der Waals surface area contributed by atoms with Crippen LogP contribution in [-0.2, 0) is 17.9 Å². The first-order valence-electron chi connectivity index (χ1n) is 7.09. The van der Waals surface area contributed by atoms with E-state index in [2.05, 4.69) is 10.4 Å². The Bertz CT molecular complexity index is 921. The number of hydrogen-bond donors (Lipinski definition) is 1. The average Bonchev–Trinajstić information content (AvgIpc) is 2.56. The van der Waals surface area contributed by atoms with Gasteiger partial charge >= 0.3 is 0 Å². The first-order valence-corrected chi connectivity index (χ1v) is 7.09. The SMILES string of the molecule is O=C(Cn1ncc2ccccc2c1=O)NCc1cccc(F)c1. The normalized spacial score (nSPS) is 10.7. The number of rotatable bonds is 4. The summed E-state index contributed by atoms with van der Waals surface area (Å²) < 4.78 is 14.2. The van der Waals surface area contributed by atoms with E-state index in [4.69, 9.17) is 0 Å². The van der Waals surface area contributed by atoms with E-state index in [1.54, 1.807) is 36.5 Å². The number of benzene rings is 2. The summed E-state index contributed by atoms with van der Waals surface area (Å²) in [5.74, 6) is -0.719. The number of hydrogen-bond acceptors (Lipinski definition) is 3. The Labute approximate surface area is 131 Å². The molecule has 0 unspecified atom stereocenters. The van der Waals surface area contributed by atoms with Crippen molar-refractivity contribution in [1.82, 2.24) is 15.1 Å². The molecule has 1 aromatic heterocycles. The highest BCUT2D eigenvalue weighted by atomic mass is 19.1. The Morgan fingerprint density at radius 3 is 2.83 bits per heavy atom. The lowest BCUT2D eigenvalue weighted by molar-refractivity contribution is -0.122. The van der Waals surface area contributed by atoms with Crippen molar-refractivity contribution in [3.8, 4) is 0 Å². The Morgan fingerprint density at radius 1 is 1.17 bits per heavy atom. The molecule has 0 aliphatic carbocycles. The Hall–Kier alpha value is -3.02. The molecule has 3 aromatic rings. The topological polar surface area (TPSA) is 64.0 Å². The minimum atomic E-state index is -0.362. The standard InChI is InChI=1S/C17H14FN3O2/c18-14-6-3-4-12(8-14)9-19-16(22)11-21-17(23)15-7-2-1-5-13(15)10-20-21/h1-8,10H,9,11H2,(H,19,22). The van der Waals surface area contributed by atoms with E-state index in [-0.39, 0.29) is 30.4 Å². The van der Waals surface area contributed by atoms with Crippen molar-refractivity contribution < 1.29 is 9.18 Å². The third-order valence-corrected chi connectivity index (χ3v) is 3.43. The molecule has 0 radical (unpaired) electrons. The summed E-state index contributed by atoms with van der Waals surface area (Å²) in [6, 6.07) is 13.0. The maximum absolute atomic E-state index is 13.1. The number of carbonyl (C=O) groups is 1. The fourth-order valence-corrected chi connectivity index (χ4v) is 2.28. The molecule has 5 nitrogen and oxygen atoms in total. The van der Waals surface area contributed by atoms with Crippen LogP contribution < -0.4 is 10.9 Å². The molecule has 1 heterocycles. The van der Waals surface area contributed by atoms with E-state index in [0.717, 1.165) is 10.1 Å². The van der Waals surface area contributed by atoms with E-state index in [9.17, 15) is 14.0 Å². The molecule has 0 saturated heterocycles. The van der Waals surface area contributed by atoms with Crippen molar-refractivity contribution in [2.75, 3.05) is 0 Å². The van der Waals surface area contributed by atoms with Gasteiger partial charge in [-0.25, -0.2) is 9.07 Å². The van der Waals surface area contributed by atoms with Crippen molar-refractivity contribution in [3.63, 3.8) is 0 Å². The second-order valence-corrected chi connectivity index (χ2v) is 5.10. The lowest BCUT2D eigenvalue weighted by atomic mass is 10.2. The molecule has 6 heteroatoms. The third kappa shape index (κ3) is 3.42. The molecule has 116 valence electrons. The number of halogens is 1. The molecule has 0 aliphatic heterocycles. The van der Waals surface area contributed by atoms with Gasteiger partial charge in [-0.3, -0.25) is 9.59 Å². The van der Waals surface area contributed by atoms with E-state index in [1.165, 1.54) is 12.1 Å². The second-order valence-electron chi connectivity index (χ2n) is 5.10. The predicted molar refractivity (Wildman–Crippen MR) is 84.2 cm³/mol. The largest absolute Gasteiger partial charge is 0.350 e. The maximum Gasteiger partial charge on any atom is 0.275 e. The quantitative estimate of drug-likeness (QED) is 0.800. The fourth-order valence-electron chi connectivity index (χ4n) is 2.28. The zero-order valence-corrected chi connectivity index (χ0v) is 12.2. The Balaban J connectivity index is 1.71. The van der Waals surface area contributed by atoms with E-state index >= 15 is 0 Å². The van der Waals surface area contributed by atoms with Crippen LogP contribution in [0, 0.1) is 5.82 Å². The van der Waals surface area contributed by atoms with Gasteiger partial charge in [0.1, 0.15) is 12.4 Å². The lowest BCUT2D eigenvalue weighted by Crippen LogP contribution is -2.33. The maximum atomic E-state index is 13.1. The lowest BCUT2D eigenvalue weighted by Gasteiger charge is -2.07. The van der Waals surface area contributed by atoms with Gasteiger partial charge in [0.25, 0.3) is 5.56 Å². The van der Waals surface area contributed by atoms with E-state index < -0.39 is 0 Å². The summed E-state index contributed by atoms with van der Waals surface area (Å²) in [5.41, 5.74) is 0.334. The molecule has 0 bridgehead atoms. The van der Waals surface area contributed by atoms with Gasteiger partial charge in [0.05, 0.1) is 11.6 Å². The number of carbonyl (C=O) groups excluding carboxylic acids is 1. The van der Waals surface area contributed by atoms with Crippen molar-refractivity contribution in [2.45, 2.75) is 13.1 Å². The first kappa shape index (κ1) is 14.9. The fraction of sp³-hybridized carbons (Fsp3) is 0.118. The van der Waals surface area contributed by atoms with Crippen LogP contribution in [0.4, 0.5) is 4.39 Å². The molecular formula is C17H14FN3O2. The molecular weight excluding hydrogens is 297 g/mol. The summed E-state index contributed by atoms with van der Waals surface area (Å²) in [6.45, 7) is 0.0118. The van der Waals surface area contributed by atoms with Gasteiger partial charge in [-0.1, -0.05) is 30.3 Å². The monoisotopic (exact) mass is 311 g/mol. The van der Waals surface area contributed by atoms with Crippen molar-refractivity contribution in [2.24, 2.45) is 0 Å². The zero-order valence-electron chi connectivity index (χ0n) is 12.2. The van der Waals surface area contributed by atoms with Crippen LogP contribution in [0.25, 0.3) is 10.8 Å². The summed E-state index contributed by atoms with van der Waals surface area (Å²) >= 11 is 0. The molecule has 1 amide bonds. The van der Waals surface area contributed by atoms with Crippen LogP contribution in [0.15, 0.2) is 59.5 Å². The van der Waals surface area contributed by atoms with Crippen LogP contribution in [0.5, 0.6) is 0 Å². The van der Waals surface area contributed by atoms with Crippen molar-refractivity contribution in [3.05, 3.63) is 76.5 Å². The van der Waals surface area contributed by atoms with Gasteiger partial charge in [0, 0.05) is 11.9 Å². The van der Waals surface area contributed by atoms with E-state index in [0.29, 0.717) is 10.9 Å². The van der Waals surface area contributed by atoms with Crippen LogP contribution in [0.1, 0.15) is 5.56 Å². The van der Waals surface area contributed by atoms with Crippen LogP contribution in [0.3, 0.4) is 0 Å². The third-order valence-electron chi connectivity index (χ3n) is 3.43. The molecule has 23 heavy (non-hydrogen) atoms. The van der Waals surface area contributed by atoms with Crippen molar-refractivity contribution in [1.29, 1.82) is 0 Å². The summed E-state index contributed by atoms with van der Waals surface area (Å²) in [5, 5.41) is 7.89. The number of aromatic nitrogens is 2. The molecule has 0 aliphatic rings. The molecule has 2 aromatic carbocycles. The van der Waals surface area contributed by atoms with Crippen LogP contribution >= 0.6 is 0 Å². The number of nitrogens with one attached hydrogen (secondary N) is 1. The summed E-state index contributed by atoms with van der Waals surface area (Å²) in [6.07, 6.45) is 1.55. The average molecular weight is 311 g/mol. The van der Waals surface area contributed by atoms with Gasteiger partial charge in [-0.05, 0) is 23.8 Å². The van der Waals surface area contributed by atoms with Crippen LogP contribution in [0.2, 0.25) is 0 Å². The predicted octanol–water partition coefficient (Wildman–Crippen LogP) is 1.85. The number of amides is 1. The highest BCUT2D eigenvalue weighted by Crippen LogP contribution is 2.06. The molecule has 3 rings (SSSR count). The minimum Gasteiger partial charge on any atom is -0.350 e. The van der Waals surface area contributed by atoms with E-state index in [1.807, 2.05) is 6.07 Å². The summed E-state index contributed by atoms with van der Waals surface area (Å²) in [7, 11) is 0. The molecule has 0 atom stereocenters. The smallest absolute Gasteiger partial charge is 0.275 e. The van der Waals surface area contributed by atoms with Crippen LogP contribution in [-0.4, -0.2) is 15.7 Å². The van der Waals surface area contributed by atoms with Gasteiger partial charge in [0.15, 0.2) is 0 Å². The van der Waals surface area contributed by atoms with Gasteiger partial charge in [-0.2, -0.15) is 5.10 Å². The van der Waals surface area contributed by atoms with Gasteiger partial charge in [0.2, 0.25) is 5.91 Å². The van der Waals surface area contributed by atoms with Crippen molar-refractivity contribution >= 4 is 16.7 Å². The van der Waals surface area contributed by atoms with Gasteiger partial charge in [-0.15, -0.1) is 0 Å². The molecule has 0 fully saturated rings. The molecule has 0 saturated carbocycles. The summed E-state index contributed by atoms with van der Waals surface area (Å²) in [4.78, 5) is 24.2. The number of nitrogens with zero attached hydrogens (tertiary/aromatic N) is 2. The first-order chi connectivity index (χ1) is 11.1. The highest BCUT2D eigenvalue weighted by molar-refractivity contribution is 5.81. The zero-order chi connectivity index (χ0) is 16.2. The van der Waals surface area contributed by atoms with Gasteiger partial charge < -0.3 is 5.32 Å². The number of fused-ring (bicyclic) bond motifs is 1. The Morgan fingerprint density at radius 2 is 2.00 bits per heavy atom. The molecule has 1 N–H and O–H groups in total. The minimum absolute atomic E-state index is 0.182. The molecule has 0 spiro atoms. The Kier molecular flexibility index (Phi) is 4.14. The second kappa shape index (κ2) is 6.39. The highest BCUT2D eigenvalue weighted by Gasteiger charge is 2.08.